The minimum Gasteiger partial charge on any atom is -0.406 e. The van der Waals surface area contributed by atoms with Crippen molar-refractivity contribution in [2.75, 3.05) is 4.95 Å². The molecule has 4 rings (SSSR count). The number of hydrogen-bond acceptors (Lipinski definition) is 2. The molecule has 0 aromatic carbocycles. The number of ketones is 1. The molecule has 0 aromatic rings. The van der Waals surface area contributed by atoms with E-state index in [4.69, 9.17) is 4.43 Å². The highest BCUT2D eigenvalue weighted by atomic mass is 79.9. The normalized spacial score (nSPS) is 38.2. The lowest BCUT2D eigenvalue weighted by molar-refractivity contribution is -0.121. The van der Waals surface area contributed by atoms with Gasteiger partial charge in [-0.25, -0.2) is 0 Å². The molecule has 4 heteroatoms. The van der Waals surface area contributed by atoms with Crippen LogP contribution in [0.25, 0.3) is 0 Å². The van der Waals surface area contributed by atoms with Gasteiger partial charge in [-0.15, -0.1) is 0 Å². The van der Waals surface area contributed by atoms with Crippen molar-refractivity contribution in [1.29, 1.82) is 0 Å². The van der Waals surface area contributed by atoms with Gasteiger partial charge >= 0.3 is 0 Å². The number of rotatable bonds is 3. The van der Waals surface area contributed by atoms with E-state index in [2.05, 4.69) is 35.9 Å². The van der Waals surface area contributed by atoms with Crippen molar-refractivity contribution < 1.29 is 9.22 Å². The van der Waals surface area contributed by atoms with Gasteiger partial charge in [-0.3, -0.25) is 4.79 Å². The maximum absolute atomic E-state index is 12.6. The smallest absolute Gasteiger partial charge is 0.198 e. The summed E-state index contributed by atoms with van der Waals surface area (Å²) in [5.74, 6) is 1.88. The summed E-state index contributed by atoms with van der Waals surface area (Å²) in [5, 5.41) is 0. The van der Waals surface area contributed by atoms with Crippen LogP contribution in [0.1, 0.15) is 58.3 Å². The summed E-state index contributed by atoms with van der Waals surface area (Å²) >= 11 is 3.58. The van der Waals surface area contributed by atoms with Crippen LogP contribution in [0.15, 0.2) is 22.8 Å². The molecule has 4 aliphatic rings. The Labute approximate surface area is 161 Å². The number of hydrogen-bond donors (Lipinski definition) is 0. The number of fused-ring (bicyclic) bond motifs is 4. The Kier molecular flexibility index (Phi) is 4.69. The summed E-state index contributed by atoms with van der Waals surface area (Å²) in [7, 11) is -1.80. The van der Waals surface area contributed by atoms with Crippen LogP contribution in [-0.4, -0.2) is 25.2 Å². The molecule has 0 aromatic heterocycles. The lowest BCUT2D eigenvalue weighted by Crippen LogP contribution is -2.43. The first-order chi connectivity index (χ1) is 11.8. The van der Waals surface area contributed by atoms with Gasteiger partial charge in [-0.2, -0.15) is 0 Å². The Hall–Kier alpha value is -0.193. The number of carbonyl (C=O) groups excluding carboxylic acids is 1. The van der Waals surface area contributed by atoms with Crippen molar-refractivity contribution in [1.82, 2.24) is 0 Å². The molecule has 0 N–H and O–H groups in total. The Morgan fingerprint density at radius 2 is 2.08 bits per heavy atom. The summed E-state index contributed by atoms with van der Waals surface area (Å²) in [4.78, 5) is 13.5. The average molecular weight is 423 g/mol. The topological polar surface area (TPSA) is 26.3 Å². The van der Waals surface area contributed by atoms with E-state index in [1.807, 2.05) is 6.08 Å². The second-order valence-corrected chi connectivity index (χ2v) is 15.3. The molecule has 2 nitrogen and oxygen atoms in total. The maximum atomic E-state index is 12.6. The molecule has 4 atom stereocenters. The second kappa shape index (κ2) is 6.45. The standard InChI is InChI=1S/C21H31BrO2Si/c1-21-9-4-5-18(21)16-7-6-14-11-19(23)20(24-25(2,3)13-22)12-17(14)15(16)8-10-21/h11,16,18,20H,4-10,12-13H2,1-3H3/t16-,18+,20?,21+/m1/s1. The fraction of sp³-hybridized carbons (Fsp3) is 0.762. The molecule has 2 saturated carbocycles. The van der Waals surface area contributed by atoms with E-state index in [0.29, 0.717) is 5.41 Å². The fourth-order valence-corrected chi connectivity index (χ4v) is 7.44. The van der Waals surface area contributed by atoms with Crippen LogP contribution < -0.4 is 0 Å². The van der Waals surface area contributed by atoms with Crippen LogP contribution in [0, 0.1) is 17.3 Å². The molecule has 0 aliphatic heterocycles. The van der Waals surface area contributed by atoms with Crippen molar-refractivity contribution in [2.45, 2.75) is 77.5 Å². The van der Waals surface area contributed by atoms with Gasteiger partial charge in [0.25, 0.3) is 0 Å². The molecule has 0 amide bonds. The van der Waals surface area contributed by atoms with E-state index in [1.54, 1.807) is 5.57 Å². The fourth-order valence-electron chi connectivity index (χ4n) is 6.01. The molecule has 0 radical (unpaired) electrons. The predicted molar refractivity (Wildman–Crippen MR) is 108 cm³/mol. The molecule has 4 aliphatic carbocycles. The molecule has 0 bridgehead atoms. The van der Waals surface area contributed by atoms with Gasteiger partial charge in [0, 0.05) is 11.4 Å². The molecule has 1 unspecified atom stereocenters. The number of alkyl halides is 1. The average Bonchev–Trinajstić information content (AvgIpc) is 2.97. The van der Waals surface area contributed by atoms with Crippen LogP contribution in [-0.2, 0) is 9.22 Å². The minimum absolute atomic E-state index is 0.209. The van der Waals surface area contributed by atoms with E-state index in [0.717, 1.165) is 29.6 Å². The number of allylic oxidation sites excluding steroid dienone is 2. The summed E-state index contributed by atoms with van der Waals surface area (Å²) in [6, 6.07) is 0. The molecule has 138 valence electrons. The van der Waals surface area contributed by atoms with Crippen LogP contribution >= 0.6 is 15.9 Å². The first-order valence-electron chi connectivity index (χ1n) is 10.0. The van der Waals surface area contributed by atoms with Crippen molar-refractivity contribution >= 4 is 30.0 Å². The van der Waals surface area contributed by atoms with Gasteiger partial charge < -0.3 is 4.43 Å². The summed E-state index contributed by atoms with van der Waals surface area (Å²) in [5.41, 5.74) is 5.16. The third kappa shape index (κ3) is 3.17. The molecule has 25 heavy (non-hydrogen) atoms. The summed E-state index contributed by atoms with van der Waals surface area (Å²) in [6.07, 6.45) is 11.8. The van der Waals surface area contributed by atoms with Crippen LogP contribution in [0.5, 0.6) is 0 Å². The molecular weight excluding hydrogens is 392 g/mol. The lowest BCUT2D eigenvalue weighted by Gasteiger charge is -2.47. The zero-order valence-electron chi connectivity index (χ0n) is 15.9. The predicted octanol–water partition coefficient (Wildman–Crippen LogP) is 5.72. The van der Waals surface area contributed by atoms with Gasteiger partial charge in [0.15, 0.2) is 14.1 Å². The molecular formula is C21H31BrO2Si. The maximum Gasteiger partial charge on any atom is 0.198 e. The summed E-state index contributed by atoms with van der Waals surface area (Å²) < 4.78 is 6.34. The van der Waals surface area contributed by atoms with E-state index in [9.17, 15) is 4.79 Å². The monoisotopic (exact) mass is 422 g/mol. The quantitative estimate of drug-likeness (QED) is 0.429. The molecule has 0 heterocycles. The van der Waals surface area contributed by atoms with Gasteiger partial charge in [0.05, 0.1) is 0 Å². The molecule has 0 saturated heterocycles. The Morgan fingerprint density at radius 1 is 1.28 bits per heavy atom. The largest absolute Gasteiger partial charge is 0.406 e. The van der Waals surface area contributed by atoms with Gasteiger partial charge in [0.1, 0.15) is 6.10 Å². The van der Waals surface area contributed by atoms with Gasteiger partial charge in [-0.05, 0) is 86.1 Å². The number of carbonyl (C=O) groups is 1. The van der Waals surface area contributed by atoms with Crippen LogP contribution in [0.4, 0.5) is 0 Å². The third-order valence-corrected chi connectivity index (χ3v) is 13.0. The second-order valence-electron chi connectivity index (χ2n) is 9.58. The van der Waals surface area contributed by atoms with Crippen molar-refractivity contribution in [3.63, 3.8) is 0 Å². The lowest BCUT2D eigenvalue weighted by atomic mass is 9.58. The van der Waals surface area contributed by atoms with E-state index in [-0.39, 0.29) is 11.9 Å². The Morgan fingerprint density at radius 3 is 2.84 bits per heavy atom. The van der Waals surface area contributed by atoms with Crippen LogP contribution in [0.2, 0.25) is 13.1 Å². The molecule has 0 spiro atoms. The highest BCUT2D eigenvalue weighted by Crippen LogP contribution is 2.59. The van der Waals surface area contributed by atoms with Crippen LogP contribution in [0.3, 0.4) is 0 Å². The SMILES string of the molecule is C[C@@]12CCC[C@H]1[C@@H]1CCC3=CC(=O)C(O[Si](C)(C)CBr)CC3=C1CC2. The van der Waals surface area contributed by atoms with Gasteiger partial charge in [-0.1, -0.05) is 34.8 Å². The Balaban J connectivity index is 1.64. The minimum atomic E-state index is -1.80. The van der Waals surface area contributed by atoms with Crippen molar-refractivity contribution in [2.24, 2.45) is 17.3 Å². The zero-order valence-corrected chi connectivity index (χ0v) is 18.5. The molecule has 2 fully saturated rings. The van der Waals surface area contributed by atoms with Gasteiger partial charge in [0.2, 0.25) is 0 Å². The Bertz CT molecular complexity index is 650. The van der Waals surface area contributed by atoms with Crippen molar-refractivity contribution in [3.05, 3.63) is 22.8 Å². The van der Waals surface area contributed by atoms with Crippen molar-refractivity contribution in [3.8, 4) is 0 Å². The third-order valence-electron chi connectivity index (χ3n) is 7.36. The van der Waals surface area contributed by atoms with E-state index < -0.39 is 8.32 Å². The highest BCUT2D eigenvalue weighted by Gasteiger charge is 2.49. The number of halogens is 1. The zero-order chi connectivity index (χ0) is 17.8. The first kappa shape index (κ1) is 18.2. The first-order valence-corrected chi connectivity index (χ1v) is 14.3. The summed E-state index contributed by atoms with van der Waals surface area (Å²) in [6.45, 7) is 6.93. The highest BCUT2D eigenvalue weighted by molar-refractivity contribution is 9.09. The van der Waals surface area contributed by atoms with E-state index in [1.165, 1.54) is 49.7 Å². The van der Waals surface area contributed by atoms with E-state index >= 15 is 0 Å².